The third kappa shape index (κ3) is 6.33. The van der Waals surface area contributed by atoms with E-state index in [1.54, 1.807) is 23.3 Å². The summed E-state index contributed by atoms with van der Waals surface area (Å²) in [7, 11) is 1.62. The van der Waals surface area contributed by atoms with E-state index < -0.39 is 0 Å². The van der Waals surface area contributed by atoms with Crippen LogP contribution in [0.5, 0.6) is 0 Å². The molecule has 178 valence electrons. The Morgan fingerprint density at radius 2 is 1.65 bits per heavy atom. The van der Waals surface area contributed by atoms with Crippen LogP contribution >= 0.6 is 11.3 Å². The summed E-state index contributed by atoms with van der Waals surface area (Å²) in [5.41, 5.74) is 2.27. The number of methoxy groups -OCH3 is 1. The fourth-order valence-electron chi connectivity index (χ4n) is 4.30. The first kappa shape index (κ1) is 24.2. The van der Waals surface area contributed by atoms with Gasteiger partial charge in [0.1, 0.15) is 0 Å². The smallest absolute Gasteiger partial charge is 0.242 e. The molecule has 2 unspecified atom stereocenters. The third-order valence-corrected chi connectivity index (χ3v) is 7.24. The molecule has 0 N–H and O–H groups in total. The third-order valence-electron chi connectivity index (χ3n) is 6.25. The van der Waals surface area contributed by atoms with Crippen molar-refractivity contribution in [2.45, 2.75) is 32.4 Å². The second kappa shape index (κ2) is 11.4. The van der Waals surface area contributed by atoms with Crippen LogP contribution in [0.2, 0.25) is 0 Å². The zero-order chi connectivity index (χ0) is 23.9. The van der Waals surface area contributed by atoms with Crippen LogP contribution in [0.3, 0.4) is 0 Å². The maximum atomic E-state index is 13.5. The van der Waals surface area contributed by atoms with Crippen molar-refractivity contribution in [3.05, 3.63) is 93.7 Å². The minimum atomic E-state index is -0.0606. The van der Waals surface area contributed by atoms with Crippen molar-refractivity contribution in [3.63, 3.8) is 0 Å². The summed E-state index contributed by atoms with van der Waals surface area (Å²) < 4.78 is 5.25. The van der Waals surface area contributed by atoms with Crippen LogP contribution in [0.1, 0.15) is 33.2 Å². The molecule has 0 bridgehead atoms. The molecule has 4 rings (SSSR count). The molecule has 34 heavy (non-hydrogen) atoms. The highest BCUT2D eigenvalue weighted by atomic mass is 32.1. The molecule has 1 aromatic heterocycles. The largest absolute Gasteiger partial charge is 0.383 e. The molecule has 6 heteroatoms. The van der Waals surface area contributed by atoms with Gasteiger partial charge in [-0.1, -0.05) is 60.7 Å². The molecule has 5 nitrogen and oxygen atoms in total. The van der Waals surface area contributed by atoms with Gasteiger partial charge in [0.2, 0.25) is 11.8 Å². The predicted octanol–water partition coefficient (Wildman–Crippen LogP) is 4.86. The molecule has 0 aliphatic heterocycles. The Bertz CT molecular complexity index is 1080. The van der Waals surface area contributed by atoms with Crippen molar-refractivity contribution in [1.29, 1.82) is 0 Å². The topological polar surface area (TPSA) is 49.9 Å². The van der Waals surface area contributed by atoms with Crippen LogP contribution in [0.4, 0.5) is 0 Å². The second-order valence-corrected chi connectivity index (χ2v) is 10.2. The molecule has 0 saturated heterocycles. The average molecular weight is 477 g/mol. The van der Waals surface area contributed by atoms with Crippen molar-refractivity contribution < 1.29 is 14.3 Å². The predicted molar refractivity (Wildman–Crippen MR) is 135 cm³/mol. The number of ether oxygens (including phenoxy) is 1. The van der Waals surface area contributed by atoms with Crippen molar-refractivity contribution >= 4 is 23.2 Å². The number of rotatable bonds is 11. The molecule has 0 spiro atoms. The molecule has 0 radical (unpaired) electrons. The van der Waals surface area contributed by atoms with Gasteiger partial charge >= 0.3 is 0 Å². The van der Waals surface area contributed by atoms with Gasteiger partial charge in [0.25, 0.3) is 0 Å². The monoisotopic (exact) mass is 476 g/mol. The lowest BCUT2D eigenvalue weighted by Gasteiger charge is -2.28. The molecular formula is C28H32N2O3S. The zero-order valence-corrected chi connectivity index (χ0v) is 20.7. The summed E-state index contributed by atoms with van der Waals surface area (Å²) in [4.78, 5) is 32.8. The zero-order valence-electron chi connectivity index (χ0n) is 19.9. The quantitative estimate of drug-likeness (QED) is 0.397. The number of hydrogen-bond acceptors (Lipinski definition) is 4. The van der Waals surface area contributed by atoms with Gasteiger partial charge in [-0.2, -0.15) is 0 Å². The minimum absolute atomic E-state index is 0.0451. The molecule has 1 fully saturated rings. The Labute approximate surface area is 206 Å². The van der Waals surface area contributed by atoms with Crippen molar-refractivity contribution in [3.8, 4) is 0 Å². The van der Waals surface area contributed by atoms with Crippen LogP contribution in [0.15, 0.2) is 72.8 Å². The second-order valence-electron chi connectivity index (χ2n) is 8.86. The van der Waals surface area contributed by atoms with Gasteiger partial charge < -0.3 is 14.5 Å². The number of amides is 2. The van der Waals surface area contributed by atoms with E-state index in [0.717, 1.165) is 16.9 Å². The van der Waals surface area contributed by atoms with Crippen LogP contribution in [-0.4, -0.2) is 48.4 Å². The first-order valence-electron chi connectivity index (χ1n) is 11.7. The fraction of sp³-hybridized carbons (Fsp3) is 0.357. The first-order valence-corrected chi connectivity index (χ1v) is 12.6. The highest BCUT2D eigenvalue weighted by Crippen LogP contribution is 2.48. The van der Waals surface area contributed by atoms with Crippen molar-refractivity contribution in [2.75, 3.05) is 26.8 Å². The maximum absolute atomic E-state index is 13.5. The van der Waals surface area contributed by atoms with Crippen LogP contribution in [0, 0.1) is 12.8 Å². The van der Waals surface area contributed by atoms with Gasteiger partial charge in [-0.15, -0.1) is 11.3 Å². The highest BCUT2D eigenvalue weighted by Gasteiger charge is 2.46. The number of nitrogens with zero attached hydrogens (tertiary/aromatic N) is 2. The summed E-state index contributed by atoms with van der Waals surface area (Å²) in [6.07, 6.45) is 0.836. The Kier molecular flexibility index (Phi) is 8.14. The van der Waals surface area contributed by atoms with Gasteiger partial charge in [0, 0.05) is 35.9 Å². The summed E-state index contributed by atoms with van der Waals surface area (Å²) >= 11 is 1.70. The van der Waals surface area contributed by atoms with E-state index >= 15 is 0 Å². The molecule has 3 aromatic rings. The van der Waals surface area contributed by atoms with Crippen LogP contribution < -0.4 is 0 Å². The number of carbonyl (C=O) groups is 2. The van der Waals surface area contributed by atoms with E-state index in [4.69, 9.17) is 4.74 Å². The van der Waals surface area contributed by atoms with Gasteiger partial charge in [0.15, 0.2) is 0 Å². The molecule has 2 atom stereocenters. The van der Waals surface area contributed by atoms with Crippen molar-refractivity contribution in [2.24, 2.45) is 5.92 Å². The molecule has 1 aliphatic carbocycles. The van der Waals surface area contributed by atoms with Crippen LogP contribution in [0.25, 0.3) is 0 Å². The standard InChI is InChI=1S/C28H32N2O3S/c1-21-13-14-24(34-21)19-30(18-22-9-5-3-6-10-22)27(31)20-29(15-16-33-2)28(32)26-17-25(26)23-11-7-4-8-12-23/h3-14,25-26H,15-20H2,1-2H3. The Hall–Kier alpha value is -2.96. The molecule has 1 aliphatic rings. The van der Waals surface area contributed by atoms with E-state index in [-0.39, 0.29) is 30.2 Å². The number of hydrogen-bond donors (Lipinski definition) is 0. The number of aryl methyl sites for hydroxylation is 1. The van der Waals surface area contributed by atoms with Crippen molar-refractivity contribution in [1.82, 2.24) is 9.80 Å². The molecule has 2 amide bonds. The lowest BCUT2D eigenvalue weighted by Crippen LogP contribution is -2.44. The van der Waals surface area contributed by atoms with Gasteiger partial charge in [-0.05, 0) is 42.5 Å². The van der Waals surface area contributed by atoms with E-state index in [1.165, 1.54) is 10.4 Å². The lowest BCUT2D eigenvalue weighted by atomic mass is 10.1. The molecular weight excluding hydrogens is 444 g/mol. The Morgan fingerprint density at radius 3 is 2.29 bits per heavy atom. The average Bonchev–Trinajstić information content (AvgIpc) is 3.56. The van der Waals surface area contributed by atoms with E-state index in [1.807, 2.05) is 53.4 Å². The molecule has 2 aromatic carbocycles. The van der Waals surface area contributed by atoms with E-state index in [2.05, 4.69) is 31.2 Å². The normalized spacial score (nSPS) is 16.8. The van der Waals surface area contributed by atoms with E-state index in [0.29, 0.717) is 26.2 Å². The molecule has 1 saturated carbocycles. The Balaban J connectivity index is 1.47. The lowest BCUT2D eigenvalue weighted by molar-refractivity contribution is -0.142. The number of benzene rings is 2. The maximum Gasteiger partial charge on any atom is 0.242 e. The van der Waals surface area contributed by atoms with Gasteiger partial charge in [-0.3, -0.25) is 9.59 Å². The Morgan fingerprint density at radius 1 is 0.941 bits per heavy atom. The first-order chi connectivity index (χ1) is 16.5. The minimum Gasteiger partial charge on any atom is -0.383 e. The summed E-state index contributed by atoms with van der Waals surface area (Å²) in [5.74, 6) is 0.181. The SMILES string of the molecule is COCCN(CC(=O)N(Cc1ccccc1)Cc1ccc(C)s1)C(=O)C1CC1c1ccccc1. The van der Waals surface area contributed by atoms with Crippen LogP contribution in [-0.2, 0) is 27.4 Å². The number of thiophene rings is 1. The number of carbonyl (C=O) groups excluding carboxylic acids is 2. The summed E-state index contributed by atoms with van der Waals surface area (Å²) in [6, 6.07) is 24.3. The fourth-order valence-corrected chi connectivity index (χ4v) is 5.20. The summed E-state index contributed by atoms with van der Waals surface area (Å²) in [5, 5.41) is 0. The summed E-state index contributed by atoms with van der Waals surface area (Å²) in [6.45, 7) is 4.01. The highest BCUT2D eigenvalue weighted by molar-refractivity contribution is 7.11. The van der Waals surface area contributed by atoms with Gasteiger partial charge in [-0.25, -0.2) is 0 Å². The molecule has 1 heterocycles. The van der Waals surface area contributed by atoms with E-state index in [9.17, 15) is 9.59 Å². The van der Waals surface area contributed by atoms with Gasteiger partial charge in [0.05, 0.1) is 19.7 Å².